The molecule has 0 saturated carbocycles. The maximum absolute atomic E-state index is 12.3. The van der Waals surface area contributed by atoms with Gasteiger partial charge in [-0.05, 0) is 36.0 Å². The average Bonchev–Trinajstić information content (AvgIpc) is 2.57. The van der Waals surface area contributed by atoms with E-state index in [1.54, 1.807) is 21.3 Å². The van der Waals surface area contributed by atoms with Gasteiger partial charge in [0.25, 0.3) is 0 Å². The fraction of sp³-hybridized carbons (Fsp3) is 0.632. The second-order valence-electron chi connectivity index (χ2n) is 6.95. The minimum absolute atomic E-state index is 0.0371. The SMILES string of the molecule is COc1cc(CNC(=O)CN2C[C@H](C)C[C@H](C)C2)cc(OC)c1OC. The van der Waals surface area contributed by atoms with E-state index in [-0.39, 0.29) is 5.91 Å². The van der Waals surface area contributed by atoms with E-state index in [0.717, 1.165) is 18.7 Å². The number of methoxy groups -OCH3 is 3. The zero-order valence-corrected chi connectivity index (χ0v) is 15.9. The standard InChI is InChI=1S/C19H30N2O4/c1-13-6-14(2)11-21(10-13)12-18(22)20-9-15-7-16(23-3)19(25-5)17(8-15)24-4/h7-8,13-14H,6,9-12H2,1-5H3,(H,20,22)/t13-,14+. The number of ether oxygens (including phenoxy) is 3. The van der Waals surface area contributed by atoms with Crippen molar-refractivity contribution in [3.63, 3.8) is 0 Å². The van der Waals surface area contributed by atoms with E-state index in [9.17, 15) is 4.79 Å². The number of nitrogens with one attached hydrogen (secondary N) is 1. The first-order valence-corrected chi connectivity index (χ1v) is 8.74. The first-order valence-electron chi connectivity index (χ1n) is 8.74. The number of amides is 1. The minimum atomic E-state index is 0.0371. The molecule has 25 heavy (non-hydrogen) atoms. The van der Waals surface area contributed by atoms with Crippen LogP contribution in [0, 0.1) is 11.8 Å². The molecule has 1 saturated heterocycles. The first-order chi connectivity index (χ1) is 12.0. The summed E-state index contributed by atoms with van der Waals surface area (Å²) < 4.78 is 16.0. The number of hydrogen-bond acceptors (Lipinski definition) is 5. The molecule has 0 bridgehead atoms. The van der Waals surface area contributed by atoms with Gasteiger partial charge < -0.3 is 19.5 Å². The van der Waals surface area contributed by atoms with Crippen LogP contribution >= 0.6 is 0 Å². The summed E-state index contributed by atoms with van der Waals surface area (Å²) in [6.07, 6.45) is 1.24. The lowest BCUT2D eigenvalue weighted by molar-refractivity contribution is -0.123. The van der Waals surface area contributed by atoms with Gasteiger partial charge in [-0.15, -0.1) is 0 Å². The summed E-state index contributed by atoms with van der Waals surface area (Å²) in [6.45, 7) is 7.34. The average molecular weight is 350 g/mol. The van der Waals surface area contributed by atoms with Crippen molar-refractivity contribution in [2.24, 2.45) is 11.8 Å². The fourth-order valence-electron chi connectivity index (χ4n) is 3.62. The summed E-state index contributed by atoms with van der Waals surface area (Å²) in [5, 5.41) is 2.98. The van der Waals surface area contributed by atoms with Gasteiger partial charge in [-0.25, -0.2) is 0 Å². The highest BCUT2D eigenvalue weighted by atomic mass is 16.5. The van der Waals surface area contributed by atoms with Crippen LogP contribution in [0.5, 0.6) is 17.2 Å². The Morgan fingerprint density at radius 2 is 1.64 bits per heavy atom. The lowest BCUT2D eigenvalue weighted by atomic mass is 9.92. The van der Waals surface area contributed by atoms with Gasteiger partial charge in [0.15, 0.2) is 11.5 Å². The third kappa shape index (κ3) is 5.26. The quantitative estimate of drug-likeness (QED) is 0.818. The Morgan fingerprint density at radius 1 is 1.08 bits per heavy atom. The lowest BCUT2D eigenvalue weighted by Crippen LogP contribution is -2.44. The Labute approximate surface area is 150 Å². The monoisotopic (exact) mass is 350 g/mol. The molecule has 0 radical (unpaired) electrons. The Morgan fingerprint density at radius 3 is 2.12 bits per heavy atom. The van der Waals surface area contributed by atoms with E-state index < -0.39 is 0 Å². The molecule has 0 aromatic heterocycles. The Hall–Kier alpha value is -1.95. The number of rotatable bonds is 7. The third-order valence-corrected chi connectivity index (χ3v) is 4.53. The predicted octanol–water partition coefficient (Wildman–Crippen LogP) is 2.31. The second kappa shape index (κ2) is 8.94. The van der Waals surface area contributed by atoms with E-state index in [1.807, 2.05) is 12.1 Å². The maximum Gasteiger partial charge on any atom is 0.234 e. The van der Waals surface area contributed by atoms with E-state index in [1.165, 1.54) is 6.42 Å². The van der Waals surface area contributed by atoms with Crippen molar-refractivity contribution in [1.29, 1.82) is 0 Å². The number of carbonyl (C=O) groups is 1. The molecule has 2 rings (SSSR count). The number of carbonyl (C=O) groups excluding carboxylic acids is 1. The highest BCUT2D eigenvalue weighted by Crippen LogP contribution is 2.38. The highest BCUT2D eigenvalue weighted by molar-refractivity contribution is 5.78. The van der Waals surface area contributed by atoms with Crippen molar-refractivity contribution >= 4 is 5.91 Å². The maximum atomic E-state index is 12.3. The van der Waals surface area contributed by atoms with Crippen molar-refractivity contribution in [1.82, 2.24) is 10.2 Å². The summed E-state index contributed by atoms with van der Waals surface area (Å²) in [6, 6.07) is 3.71. The minimum Gasteiger partial charge on any atom is -0.493 e. The van der Waals surface area contributed by atoms with Gasteiger partial charge in [-0.1, -0.05) is 13.8 Å². The number of benzene rings is 1. The third-order valence-electron chi connectivity index (χ3n) is 4.53. The molecule has 1 aromatic rings. The van der Waals surface area contributed by atoms with Gasteiger partial charge in [-0.2, -0.15) is 0 Å². The van der Waals surface area contributed by atoms with Crippen molar-refractivity contribution in [2.75, 3.05) is 41.0 Å². The molecule has 1 aliphatic rings. The van der Waals surface area contributed by atoms with Crippen LogP contribution in [0.1, 0.15) is 25.8 Å². The van der Waals surface area contributed by atoms with Crippen LogP contribution in [-0.4, -0.2) is 51.8 Å². The Bertz CT molecular complexity index is 556. The van der Waals surface area contributed by atoms with Crippen LogP contribution in [0.3, 0.4) is 0 Å². The van der Waals surface area contributed by atoms with Crippen molar-refractivity contribution < 1.29 is 19.0 Å². The molecule has 1 amide bonds. The van der Waals surface area contributed by atoms with Crippen LogP contribution in [-0.2, 0) is 11.3 Å². The number of nitrogens with zero attached hydrogens (tertiary/aromatic N) is 1. The van der Waals surface area contributed by atoms with Crippen LogP contribution < -0.4 is 19.5 Å². The molecular formula is C19H30N2O4. The molecule has 1 aliphatic heterocycles. The van der Waals surface area contributed by atoms with E-state index in [0.29, 0.717) is 42.2 Å². The molecule has 1 fully saturated rings. The summed E-state index contributed by atoms with van der Waals surface area (Å²) in [5.41, 5.74) is 0.906. The molecule has 0 aliphatic carbocycles. The number of hydrogen-bond donors (Lipinski definition) is 1. The molecule has 1 heterocycles. The number of likely N-dealkylation sites (tertiary alicyclic amines) is 1. The summed E-state index contributed by atoms with van der Waals surface area (Å²) in [7, 11) is 4.74. The van der Waals surface area contributed by atoms with Crippen LogP contribution in [0.4, 0.5) is 0 Å². The normalized spacial score (nSPS) is 20.8. The van der Waals surface area contributed by atoms with E-state index >= 15 is 0 Å². The summed E-state index contributed by atoms with van der Waals surface area (Å²) >= 11 is 0. The first kappa shape index (κ1) is 19.4. The van der Waals surface area contributed by atoms with E-state index in [4.69, 9.17) is 14.2 Å². The van der Waals surface area contributed by atoms with Gasteiger partial charge in [0, 0.05) is 19.6 Å². The molecule has 0 unspecified atom stereocenters. The van der Waals surface area contributed by atoms with Gasteiger partial charge in [-0.3, -0.25) is 9.69 Å². The van der Waals surface area contributed by atoms with Gasteiger partial charge >= 0.3 is 0 Å². The van der Waals surface area contributed by atoms with Crippen LogP contribution in [0.2, 0.25) is 0 Å². The molecule has 0 spiro atoms. The zero-order chi connectivity index (χ0) is 18.4. The fourth-order valence-corrected chi connectivity index (χ4v) is 3.62. The van der Waals surface area contributed by atoms with Gasteiger partial charge in [0.05, 0.1) is 27.9 Å². The predicted molar refractivity (Wildman–Crippen MR) is 97.3 cm³/mol. The molecule has 6 nitrogen and oxygen atoms in total. The van der Waals surface area contributed by atoms with E-state index in [2.05, 4.69) is 24.1 Å². The highest BCUT2D eigenvalue weighted by Gasteiger charge is 2.23. The summed E-state index contributed by atoms with van der Waals surface area (Å²) in [5.74, 6) is 3.05. The van der Waals surface area contributed by atoms with Crippen molar-refractivity contribution in [3.8, 4) is 17.2 Å². The zero-order valence-electron chi connectivity index (χ0n) is 15.9. The van der Waals surface area contributed by atoms with Crippen LogP contribution in [0.25, 0.3) is 0 Å². The largest absolute Gasteiger partial charge is 0.493 e. The molecule has 2 atom stereocenters. The van der Waals surface area contributed by atoms with Crippen molar-refractivity contribution in [3.05, 3.63) is 17.7 Å². The van der Waals surface area contributed by atoms with Gasteiger partial charge in [0.2, 0.25) is 11.7 Å². The van der Waals surface area contributed by atoms with Crippen molar-refractivity contribution in [2.45, 2.75) is 26.8 Å². The molecule has 6 heteroatoms. The Balaban J connectivity index is 1.95. The topological polar surface area (TPSA) is 60.0 Å². The van der Waals surface area contributed by atoms with Crippen LogP contribution in [0.15, 0.2) is 12.1 Å². The van der Waals surface area contributed by atoms with Gasteiger partial charge in [0.1, 0.15) is 0 Å². The molecule has 1 N–H and O–H groups in total. The molecular weight excluding hydrogens is 320 g/mol. The molecule has 140 valence electrons. The summed E-state index contributed by atoms with van der Waals surface area (Å²) in [4.78, 5) is 14.5. The lowest BCUT2D eigenvalue weighted by Gasteiger charge is -2.34. The molecule has 1 aromatic carbocycles. The smallest absolute Gasteiger partial charge is 0.234 e. The number of piperidine rings is 1. The second-order valence-corrected chi connectivity index (χ2v) is 6.95. The Kier molecular flexibility index (Phi) is 6.93.